The first-order valence-electron chi connectivity index (χ1n) is 6.60. The second-order valence-electron chi connectivity index (χ2n) is 4.69. The van der Waals surface area contributed by atoms with Crippen LogP contribution >= 0.6 is 0 Å². The molecular weight excluding hydrogens is 272 g/mol. The number of hydrogen-bond acceptors (Lipinski definition) is 4. The zero-order valence-corrected chi connectivity index (χ0v) is 11.8. The molecule has 110 valence electrons. The van der Waals surface area contributed by atoms with Crippen molar-refractivity contribution in [3.8, 4) is 0 Å². The highest BCUT2D eigenvalue weighted by atomic mass is 16.6. The minimum absolute atomic E-state index is 0.0251. The van der Waals surface area contributed by atoms with Gasteiger partial charge in [-0.3, -0.25) is 20.0 Å². The van der Waals surface area contributed by atoms with Crippen molar-refractivity contribution < 1.29 is 9.72 Å². The molecule has 0 aliphatic heterocycles. The van der Waals surface area contributed by atoms with E-state index in [9.17, 15) is 14.9 Å². The van der Waals surface area contributed by atoms with E-state index in [1.807, 2.05) is 6.92 Å². The Balaban J connectivity index is 2.16. The normalized spacial score (nSPS) is 11.9. The van der Waals surface area contributed by atoms with Crippen LogP contribution in [0.3, 0.4) is 0 Å². The molecule has 2 N–H and O–H groups in total. The maximum Gasteiger partial charge on any atom is 0.269 e. The first kappa shape index (κ1) is 14.7. The van der Waals surface area contributed by atoms with Crippen LogP contribution in [0.1, 0.15) is 30.9 Å². The number of benzene rings is 1. The van der Waals surface area contributed by atoms with Crippen LogP contribution in [-0.4, -0.2) is 21.0 Å². The van der Waals surface area contributed by atoms with Gasteiger partial charge >= 0.3 is 0 Å². The molecule has 1 aromatic heterocycles. The number of carbonyl (C=O) groups excluding carboxylic acids is 1. The lowest BCUT2D eigenvalue weighted by Crippen LogP contribution is -2.19. The molecule has 0 aliphatic carbocycles. The molecular formula is C14H16N4O3. The summed E-state index contributed by atoms with van der Waals surface area (Å²) in [6.45, 7) is 3.67. The Kier molecular flexibility index (Phi) is 4.32. The van der Waals surface area contributed by atoms with Crippen molar-refractivity contribution in [3.63, 3.8) is 0 Å². The van der Waals surface area contributed by atoms with Crippen LogP contribution in [0.4, 0.5) is 11.5 Å². The number of aryl methyl sites for hydroxylation is 1. The van der Waals surface area contributed by atoms with Gasteiger partial charge < -0.3 is 5.32 Å². The van der Waals surface area contributed by atoms with Gasteiger partial charge in [0.25, 0.3) is 5.69 Å². The van der Waals surface area contributed by atoms with Crippen LogP contribution in [0.2, 0.25) is 0 Å². The second kappa shape index (κ2) is 6.17. The summed E-state index contributed by atoms with van der Waals surface area (Å²) in [5.41, 5.74) is 1.48. The number of nitrogens with one attached hydrogen (secondary N) is 2. The minimum Gasteiger partial charge on any atom is -0.310 e. The van der Waals surface area contributed by atoms with Gasteiger partial charge in [-0.25, -0.2) is 0 Å². The highest BCUT2D eigenvalue weighted by molar-refractivity contribution is 5.95. The van der Waals surface area contributed by atoms with E-state index in [1.165, 1.54) is 12.1 Å². The van der Waals surface area contributed by atoms with Crippen molar-refractivity contribution >= 4 is 17.4 Å². The SMILES string of the molecule is CCc1cn[nH]c1NC(=O)C(C)c1cccc([N+](=O)[O-])c1. The standard InChI is InChI=1S/C14H16N4O3/c1-3-10-8-15-17-13(10)16-14(19)9(2)11-5-4-6-12(7-11)18(20)21/h4-9H,3H2,1-2H3,(H2,15,16,17,19). The van der Waals surface area contributed by atoms with Gasteiger partial charge in [0.05, 0.1) is 17.0 Å². The predicted octanol–water partition coefficient (Wildman–Crippen LogP) is 2.62. The number of H-pyrrole nitrogens is 1. The van der Waals surface area contributed by atoms with E-state index in [1.54, 1.807) is 25.3 Å². The van der Waals surface area contributed by atoms with Crippen molar-refractivity contribution in [2.24, 2.45) is 0 Å². The molecule has 0 fully saturated rings. The molecule has 2 rings (SSSR count). The average Bonchev–Trinajstić information content (AvgIpc) is 2.93. The summed E-state index contributed by atoms with van der Waals surface area (Å²) >= 11 is 0. The number of nitrogens with zero attached hydrogens (tertiary/aromatic N) is 2. The average molecular weight is 288 g/mol. The summed E-state index contributed by atoms with van der Waals surface area (Å²) in [5, 5.41) is 20.2. The molecule has 0 aliphatic rings. The van der Waals surface area contributed by atoms with Gasteiger partial charge in [0.15, 0.2) is 0 Å². The molecule has 1 heterocycles. The van der Waals surface area contributed by atoms with Crippen LogP contribution in [0.25, 0.3) is 0 Å². The molecule has 0 radical (unpaired) electrons. The smallest absolute Gasteiger partial charge is 0.269 e. The number of aromatic nitrogens is 2. The Morgan fingerprint density at radius 2 is 2.29 bits per heavy atom. The number of non-ortho nitro benzene ring substituents is 1. The third-order valence-electron chi connectivity index (χ3n) is 3.32. The van der Waals surface area contributed by atoms with Gasteiger partial charge in [-0.2, -0.15) is 5.10 Å². The highest BCUT2D eigenvalue weighted by Crippen LogP contribution is 2.22. The Labute approximate surface area is 121 Å². The highest BCUT2D eigenvalue weighted by Gasteiger charge is 2.19. The summed E-state index contributed by atoms with van der Waals surface area (Å²) in [6.07, 6.45) is 2.41. The van der Waals surface area contributed by atoms with E-state index in [4.69, 9.17) is 0 Å². The Hall–Kier alpha value is -2.70. The van der Waals surface area contributed by atoms with Crippen LogP contribution < -0.4 is 5.32 Å². The first-order chi connectivity index (χ1) is 10.0. The first-order valence-corrected chi connectivity index (χ1v) is 6.60. The van der Waals surface area contributed by atoms with Gasteiger partial charge in [-0.15, -0.1) is 0 Å². The number of anilines is 1. The molecule has 0 spiro atoms. The lowest BCUT2D eigenvalue weighted by atomic mass is 10.00. The number of carbonyl (C=O) groups is 1. The molecule has 1 atom stereocenters. The molecule has 1 unspecified atom stereocenters. The fourth-order valence-corrected chi connectivity index (χ4v) is 1.98. The molecule has 7 heteroatoms. The van der Waals surface area contributed by atoms with Gasteiger partial charge in [-0.05, 0) is 18.9 Å². The van der Waals surface area contributed by atoms with Gasteiger partial charge in [0, 0.05) is 17.7 Å². The molecule has 21 heavy (non-hydrogen) atoms. The quantitative estimate of drug-likeness (QED) is 0.652. The molecule has 2 aromatic rings. The maximum atomic E-state index is 12.2. The summed E-state index contributed by atoms with van der Waals surface area (Å²) < 4.78 is 0. The van der Waals surface area contributed by atoms with Crippen molar-refractivity contribution in [1.29, 1.82) is 0 Å². The van der Waals surface area contributed by atoms with Crippen molar-refractivity contribution in [1.82, 2.24) is 10.2 Å². The van der Waals surface area contributed by atoms with Crippen LogP contribution in [0, 0.1) is 10.1 Å². The van der Waals surface area contributed by atoms with Gasteiger partial charge in [-0.1, -0.05) is 19.1 Å². The Bertz CT molecular complexity index is 666. The minimum atomic E-state index is -0.502. The van der Waals surface area contributed by atoms with Crippen molar-refractivity contribution in [3.05, 3.63) is 51.7 Å². The molecule has 1 amide bonds. The summed E-state index contributed by atoms with van der Waals surface area (Å²) in [5.74, 6) is -0.174. The Morgan fingerprint density at radius 1 is 1.52 bits per heavy atom. The van der Waals surface area contributed by atoms with Gasteiger partial charge in [0.2, 0.25) is 5.91 Å². The third kappa shape index (κ3) is 3.25. The topological polar surface area (TPSA) is 101 Å². The van der Waals surface area contributed by atoms with E-state index >= 15 is 0 Å². The zero-order chi connectivity index (χ0) is 15.4. The lowest BCUT2D eigenvalue weighted by Gasteiger charge is -2.12. The van der Waals surface area contributed by atoms with E-state index < -0.39 is 10.8 Å². The van der Waals surface area contributed by atoms with E-state index in [2.05, 4.69) is 15.5 Å². The van der Waals surface area contributed by atoms with Crippen molar-refractivity contribution in [2.75, 3.05) is 5.32 Å². The molecule has 1 aromatic carbocycles. The molecule has 0 saturated heterocycles. The summed E-state index contributed by atoms with van der Waals surface area (Å²) in [7, 11) is 0. The zero-order valence-electron chi connectivity index (χ0n) is 11.8. The summed E-state index contributed by atoms with van der Waals surface area (Å²) in [6, 6.07) is 6.09. The van der Waals surface area contributed by atoms with Crippen LogP contribution in [0.15, 0.2) is 30.5 Å². The van der Waals surface area contributed by atoms with Gasteiger partial charge in [0.1, 0.15) is 5.82 Å². The Morgan fingerprint density at radius 3 is 2.95 bits per heavy atom. The number of rotatable bonds is 5. The van der Waals surface area contributed by atoms with E-state index in [0.29, 0.717) is 11.4 Å². The van der Waals surface area contributed by atoms with E-state index in [-0.39, 0.29) is 11.6 Å². The summed E-state index contributed by atoms with van der Waals surface area (Å²) in [4.78, 5) is 22.5. The molecule has 0 bridgehead atoms. The maximum absolute atomic E-state index is 12.2. The lowest BCUT2D eigenvalue weighted by molar-refractivity contribution is -0.384. The fraction of sp³-hybridized carbons (Fsp3) is 0.286. The van der Waals surface area contributed by atoms with Crippen LogP contribution in [0.5, 0.6) is 0 Å². The monoisotopic (exact) mass is 288 g/mol. The number of amides is 1. The molecule has 0 saturated carbocycles. The van der Waals surface area contributed by atoms with Crippen LogP contribution in [-0.2, 0) is 11.2 Å². The third-order valence-corrected chi connectivity index (χ3v) is 3.32. The largest absolute Gasteiger partial charge is 0.310 e. The second-order valence-corrected chi connectivity index (χ2v) is 4.69. The number of nitro groups is 1. The van der Waals surface area contributed by atoms with Crippen molar-refractivity contribution in [2.45, 2.75) is 26.2 Å². The predicted molar refractivity (Wildman–Crippen MR) is 78.1 cm³/mol. The number of hydrogen-bond donors (Lipinski definition) is 2. The number of nitro benzene ring substituents is 1. The molecule has 7 nitrogen and oxygen atoms in total. The fourth-order valence-electron chi connectivity index (χ4n) is 1.98. The number of aromatic amines is 1. The van der Waals surface area contributed by atoms with E-state index in [0.717, 1.165) is 12.0 Å².